The van der Waals surface area contributed by atoms with Crippen LogP contribution in [0.2, 0.25) is 0 Å². The van der Waals surface area contributed by atoms with Crippen LogP contribution in [0.15, 0.2) is 24.3 Å². The smallest absolute Gasteiger partial charge is 0.305 e. The standard InChI is InChI=1S/C64H123NO5/c1-3-5-7-9-11-13-15-17-19-21-22-23-24-26-28-32-36-40-44-48-52-56-62(67)61(60-66)65-63(68)57-53-49-45-41-37-33-29-27-31-35-39-43-47-51-55-59-70-64(69)58-54-50-46-42-38-34-30-25-20-18-16-14-12-10-8-6-4-2/h31,35,52,56,61-62,66-67H,3-30,32-34,36-51,53-55,57-60H2,1-2H3,(H,65,68)/b35-31-,56-52+. The molecular weight excluding hydrogens is 863 g/mol. The second-order valence-electron chi connectivity index (χ2n) is 21.7. The molecule has 2 atom stereocenters. The van der Waals surface area contributed by atoms with E-state index in [1.807, 2.05) is 6.08 Å². The van der Waals surface area contributed by atoms with Gasteiger partial charge >= 0.3 is 5.97 Å². The van der Waals surface area contributed by atoms with Crippen LogP contribution < -0.4 is 5.32 Å². The number of ether oxygens (including phenoxy) is 1. The number of nitrogens with one attached hydrogen (secondary N) is 1. The van der Waals surface area contributed by atoms with Crippen LogP contribution in [0.1, 0.15) is 348 Å². The summed E-state index contributed by atoms with van der Waals surface area (Å²) in [6.45, 7) is 4.90. The zero-order valence-electron chi connectivity index (χ0n) is 47.3. The van der Waals surface area contributed by atoms with Crippen molar-refractivity contribution in [1.82, 2.24) is 5.32 Å². The van der Waals surface area contributed by atoms with Gasteiger partial charge in [0.2, 0.25) is 5.91 Å². The van der Waals surface area contributed by atoms with Crippen molar-refractivity contribution < 1.29 is 24.5 Å². The van der Waals surface area contributed by atoms with Crippen LogP contribution in [0, 0.1) is 0 Å². The molecule has 0 heterocycles. The fourth-order valence-electron chi connectivity index (χ4n) is 9.87. The van der Waals surface area contributed by atoms with E-state index in [0.717, 1.165) is 70.6 Å². The monoisotopic (exact) mass is 986 g/mol. The van der Waals surface area contributed by atoms with Crippen molar-refractivity contribution in [2.24, 2.45) is 0 Å². The first kappa shape index (κ1) is 68.3. The number of rotatable bonds is 59. The van der Waals surface area contributed by atoms with E-state index >= 15 is 0 Å². The van der Waals surface area contributed by atoms with Crippen LogP contribution in [0.5, 0.6) is 0 Å². The van der Waals surface area contributed by atoms with Crippen LogP contribution in [0.25, 0.3) is 0 Å². The van der Waals surface area contributed by atoms with Crippen molar-refractivity contribution in [2.75, 3.05) is 13.2 Å². The van der Waals surface area contributed by atoms with E-state index < -0.39 is 12.1 Å². The zero-order valence-corrected chi connectivity index (χ0v) is 47.3. The highest BCUT2D eigenvalue weighted by Crippen LogP contribution is 2.18. The maximum atomic E-state index is 12.5. The number of esters is 1. The largest absolute Gasteiger partial charge is 0.466 e. The van der Waals surface area contributed by atoms with E-state index in [1.165, 1.54) is 250 Å². The van der Waals surface area contributed by atoms with Gasteiger partial charge in [-0.3, -0.25) is 9.59 Å². The van der Waals surface area contributed by atoms with E-state index in [4.69, 9.17) is 4.74 Å². The lowest BCUT2D eigenvalue weighted by molar-refractivity contribution is -0.143. The van der Waals surface area contributed by atoms with Gasteiger partial charge in [0.15, 0.2) is 0 Å². The molecule has 0 aromatic rings. The second-order valence-corrected chi connectivity index (χ2v) is 21.7. The normalized spacial score (nSPS) is 12.7. The second kappa shape index (κ2) is 59.9. The summed E-state index contributed by atoms with van der Waals surface area (Å²) in [7, 11) is 0. The molecule has 414 valence electrons. The van der Waals surface area contributed by atoms with E-state index in [-0.39, 0.29) is 18.5 Å². The SMILES string of the molecule is CCCCCCCCCCCCCCCCCCCCC/C=C/C(O)C(CO)NC(=O)CCCCCCCCC/C=C\CCCCCCOC(=O)CCCCCCCCCCCCCCCCCCC. The van der Waals surface area contributed by atoms with Gasteiger partial charge in [0.25, 0.3) is 0 Å². The zero-order chi connectivity index (χ0) is 50.7. The van der Waals surface area contributed by atoms with E-state index in [9.17, 15) is 19.8 Å². The molecule has 0 rings (SSSR count). The topological polar surface area (TPSA) is 95.9 Å². The van der Waals surface area contributed by atoms with Crippen molar-refractivity contribution in [3.05, 3.63) is 24.3 Å². The quantitative estimate of drug-likeness (QED) is 0.0321. The van der Waals surface area contributed by atoms with Gasteiger partial charge in [0.1, 0.15) is 0 Å². The third-order valence-electron chi connectivity index (χ3n) is 14.7. The molecule has 0 aliphatic heterocycles. The molecule has 0 fully saturated rings. The molecule has 0 saturated heterocycles. The van der Waals surface area contributed by atoms with Crippen molar-refractivity contribution in [1.29, 1.82) is 0 Å². The van der Waals surface area contributed by atoms with E-state index in [1.54, 1.807) is 6.08 Å². The number of aliphatic hydroxyl groups is 2. The summed E-state index contributed by atoms with van der Waals surface area (Å²) in [5.41, 5.74) is 0. The highest BCUT2D eigenvalue weighted by molar-refractivity contribution is 5.76. The summed E-state index contributed by atoms with van der Waals surface area (Å²) in [4.78, 5) is 24.6. The summed E-state index contributed by atoms with van der Waals surface area (Å²) < 4.78 is 5.48. The first-order valence-corrected chi connectivity index (χ1v) is 31.6. The Bertz CT molecular complexity index is 1090. The van der Waals surface area contributed by atoms with E-state index in [2.05, 4.69) is 31.3 Å². The average molecular weight is 987 g/mol. The number of amides is 1. The number of unbranched alkanes of at least 4 members (excludes halogenated alkanes) is 46. The molecule has 3 N–H and O–H groups in total. The third kappa shape index (κ3) is 55.7. The fourth-order valence-corrected chi connectivity index (χ4v) is 9.87. The average Bonchev–Trinajstić information content (AvgIpc) is 3.36. The highest BCUT2D eigenvalue weighted by atomic mass is 16.5. The molecule has 0 aromatic carbocycles. The Hall–Kier alpha value is -1.66. The predicted molar refractivity (Wildman–Crippen MR) is 306 cm³/mol. The molecule has 6 heteroatoms. The van der Waals surface area contributed by atoms with Gasteiger partial charge in [-0.1, -0.05) is 301 Å². The molecule has 1 amide bonds. The van der Waals surface area contributed by atoms with Gasteiger partial charge in [-0.2, -0.15) is 0 Å². The minimum Gasteiger partial charge on any atom is -0.466 e. The first-order chi connectivity index (χ1) is 34.5. The molecule has 0 aliphatic carbocycles. The summed E-state index contributed by atoms with van der Waals surface area (Å²) in [6.07, 6.45) is 73.6. The van der Waals surface area contributed by atoms with Crippen molar-refractivity contribution >= 4 is 11.9 Å². The first-order valence-electron chi connectivity index (χ1n) is 31.6. The third-order valence-corrected chi connectivity index (χ3v) is 14.7. The Labute approximate surface area is 437 Å². The molecular formula is C64H123NO5. The lowest BCUT2D eigenvalue weighted by Gasteiger charge is -2.20. The molecule has 0 saturated carbocycles. The molecule has 0 aliphatic rings. The van der Waals surface area contributed by atoms with Crippen LogP contribution in [0.4, 0.5) is 0 Å². The maximum Gasteiger partial charge on any atom is 0.305 e. The van der Waals surface area contributed by atoms with Crippen molar-refractivity contribution in [3.63, 3.8) is 0 Å². The van der Waals surface area contributed by atoms with E-state index in [0.29, 0.717) is 19.4 Å². The summed E-state index contributed by atoms with van der Waals surface area (Å²) in [5.74, 6) is -0.0864. The fraction of sp³-hybridized carbons (Fsp3) is 0.906. The van der Waals surface area contributed by atoms with Crippen molar-refractivity contribution in [2.45, 2.75) is 360 Å². The molecule has 2 unspecified atom stereocenters. The number of hydrogen-bond donors (Lipinski definition) is 3. The van der Waals surface area contributed by atoms with Crippen LogP contribution in [-0.2, 0) is 14.3 Å². The Morgan fingerprint density at radius 3 is 1.01 bits per heavy atom. The Kier molecular flexibility index (Phi) is 58.5. The Morgan fingerprint density at radius 1 is 0.386 bits per heavy atom. The van der Waals surface area contributed by atoms with Gasteiger partial charge in [0, 0.05) is 12.8 Å². The van der Waals surface area contributed by atoms with Gasteiger partial charge in [-0.25, -0.2) is 0 Å². The Balaban J connectivity index is 3.48. The number of carbonyl (C=O) groups is 2. The van der Waals surface area contributed by atoms with Crippen molar-refractivity contribution in [3.8, 4) is 0 Å². The molecule has 0 radical (unpaired) electrons. The summed E-state index contributed by atoms with van der Waals surface area (Å²) in [6, 6.07) is -0.640. The molecule has 6 nitrogen and oxygen atoms in total. The summed E-state index contributed by atoms with van der Waals surface area (Å²) in [5, 5.41) is 23.2. The lowest BCUT2D eigenvalue weighted by atomic mass is 10.0. The van der Waals surface area contributed by atoms with Crippen LogP contribution >= 0.6 is 0 Å². The number of aliphatic hydroxyl groups excluding tert-OH is 2. The Morgan fingerprint density at radius 2 is 0.671 bits per heavy atom. The minimum atomic E-state index is -0.855. The molecule has 0 aromatic heterocycles. The molecule has 70 heavy (non-hydrogen) atoms. The highest BCUT2D eigenvalue weighted by Gasteiger charge is 2.18. The number of allylic oxidation sites excluding steroid dienone is 3. The van der Waals surface area contributed by atoms with Gasteiger partial charge < -0.3 is 20.3 Å². The molecule has 0 spiro atoms. The van der Waals surface area contributed by atoms with Crippen LogP contribution in [-0.4, -0.2) is 47.4 Å². The number of hydrogen-bond acceptors (Lipinski definition) is 5. The predicted octanol–water partition coefficient (Wildman–Crippen LogP) is 19.8. The van der Waals surface area contributed by atoms with Gasteiger partial charge in [-0.15, -0.1) is 0 Å². The molecule has 0 bridgehead atoms. The summed E-state index contributed by atoms with van der Waals surface area (Å²) >= 11 is 0. The van der Waals surface area contributed by atoms with Gasteiger partial charge in [-0.05, 0) is 57.8 Å². The van der Waals surface area contributed by atoms with Gasteiger partial charge in [0.05, 0.1) is 25.4 Å². The number of carbonyl (C=O) groups excluding carboxylic acids is 2. The maximum absolute atomic E-state index is 12.5. The lowest BCUT2D eigenvalue weighted by Crippen LogP contribution is -2.45. The van der Waals surface area contributed by atoms with Crippen LogP contribution in [0.3, 0.4) is 0 Å². The minimum absolute atomic E-state index is 0.00658.